The summed E-state index contributed by atoms with van der Waals surface area (Å²) in [5.41, 5.74) is 1.68. The van der Waals surface area contributed by atoms with E-state index in [1.165, 1.54) is 7.11 Å². The summed E-state index contributed by atoms with van der Waals surface area (Å²) in [4.78, 5) is 0. The largest absolute Gasteiger partial charge is 0.387 e. The quantitative estimate of drug-likeness (QED) is 0.857. The Morgan fingerprint density at radius 1 is 0.905 bits per heavy atom. The second kappa shape index (κ2) is 7.74. The zero-order valence-corrected chi connectivity index (χ0v) is 12.0. The van der Waals surface area contributed by atoms with Crippen LogP contribution in [0.1, 0.15) is 17.2 Å². The highest BCUT2D eigenvalue weighted by molar-refractivity contribution is 5.49. The monoisotopic (exact) mass is 284 g/mol. The first-order chi connectivity index (χ1) is 10.2. The molecule has 0 amide bonds. The van der Waals surface area contributed by atoms with E-state index in [1.54, 1.807) is 18.2 Å². The van der Waals surface area contributed by atoms with Crippen LogP contribution in [0.4, 0.5) is 0 Å². The van der Waals surface area contributed by atoms with Crippen LogP contribution in [-0.2, 0) is 4.74 Å². The lowest BCUT2D eigenvalue weighted by molar-refractivity contribution is -0.0573. The third kappa shape index (κ3) is 4.26. The van der Waals surface area contributed by atoms with Crippen molar-refractivity contribution in [1.29, 1.82) is 0 Å². The number of aliphatic hydroxyl groups excluding tert-OH is 2. The van der Waals surface area contributed by atoms with E-state index < -0.39 is 18.3 Å². The van der Waals surface area contributed by atoms with Crippen LogP contribution in [-0.4, -0.2) is 29.5 Å². The normalized spacial score (nSPS) is 15.8. The third-order valence-electron chi connectivity index (χ3n) is 3.35. The summed E-state index contributed by atoms with van der Waals surface area (Å²) < 4.78 is 5.28. The second-order valence-electron chi connectivity index (χ2n) is 4.82. The van der Waals surface area contributed by atoms with Gasteiger partial charge in [-0.05, 0) is 11.1 Å². The first kappa shape index (κ1) is 15.4. The lowest BCUT2D eigenvalue weighted by atomic mass is 9.99. The average Bonchev–Trinajstić information content (AvgIpc) is 2.56. The van der Waals surface area contributed by atoms with Gasteiger partial charge in [-0.1, -0.05) is 72.8 Å². The van der Waals surface area contributed by atoms with Gasteiger partial charge in [-0.15, -0.1) is 0 Å². The van der Waals surface area contributed by atoms with Crippen molar-refractivity contribution >= 4 is 6.08 Å². The molecule has 3 atom stereocenters. The summed E-state index contributed by atoms with van der Waals surface area (Å²) in [6.07, 6.45) is 1.02. The molecule has 0 spiro atoms. The molecule has 21 heavy (non-hydrogen) atoms. The summed E-state index contributed by atoms with van der Waals surface area (Å²) in [5, 5.41) is 20.5. The van der Waals surface area contributed by atoms with E-state index in [4.69, 9.17) is 4.74 Å². The standard InChI is InChI=1S/C18H20O3/c1-21-16(13-12-14-8-4-2-5-9-14)18(20)17(19)15-10-6-3-7-11-15/h2-13,16-20H,1H3/b13-12+/t16-,17-,18+/m0/s1. The van der Waals surface area contributed by atoms with Crippen molar-refractivity contribution in [3.05, 3.63) is 77.9 Å². The van der Waals surface area contributed by atoms with Crippen LogP contribution in [0.2, 0.25) is 0 Å². The lowest BCUT2D eigenvalue weighted by Gasteiger charge is -2.23. The molecule has 0 saturated heterocycles. The maximum atomic E-state index is 10.3. The van der Waals surface area contributed by atoms with Crippen LogP contribution in [0.3, 0.4) is 0 Å². The number of benzene rings is 2. The van der Waals surface area contributed by atoms with Crippen molar-refractivity contribution in [3.8, 4) is 0 Å². The fraction of sp³-hybridized carbons (Fsp3) is 0.222. The van der Waals surface area contributed by atoms with Gasteiger partial charge in [-0.2, -0.15) is 0 Å². The van der Waals surface area contributed by atoms with E-state index in [2.05, 4.69) is 0 Å². The van der Waals surface area contributed by atoms with Gasteiger partial charge >= 0.3 is 0 Å². The Morgan fingerprint density at radius 2 is 1.48 bits per heavy atom. The maximum absolute atomic E-state index is 10.3. The summed E-state index contributed by atoms with van der Waals surface area (Å²) in [5.74, 6) is 0. The average molecular weight is 284 g/mol. The minimum absolute atomic E-state index is 0.583. The van der Waals surface area contributed by atoms with E-state index in [0.717, 1.165) is 5.56 Å². The summed E-state index contributed by atoms with van der Waals surface area (Å²) in [6.45, 7) is 0. The minimum Gasteiger partial charge on any atom is -0.387 e. The maximum Gasteiger partial charge on any atom is 0.114 e. The topological polar surface area (TPSA) is 49.7 Å². The Bertz CT molecular complexity index is 551. The van der Waals surface area contributed by atoms with Gasteiger partial charge in [0.2, 0.25) is 0 Å². The highest BCUT2D eigenvalue weighted by atomic mass is 16.5. The van der Waals surface area contributed by atoms with E-state index in [-0.39, 0.29) is 0 Å². The molecule has 0 aliphatic rings. The van der Waals surface area contributed by atoms with Gasteiger partial charge in [-0.25, -0.2) is 0 Å². The van der Waals surface area contributed by atoms with Gasteiger partial charge in [0.15, 0.2) is 0 Å². The number of hydrogen-bond donors (Lipinski definition) is 2. The summed E-state index contributed by atoms with van der Waals surface area (Å²) in [6, 6.07) is 18.8. The molecule has 0 bridgehead atoms. The lowest BCUT2D eigenvalue weighted by Crippen LogP contribution is -2.32. The molecule has 110 valence electrons. The SMILES string of the molecule is CO[C@@H](/C=C/c1ccccc1)[C@@H](O)[C@@H](O)c1ccccc1. The molecule has 3 nitrogen and oxygen atoms in total. The van der Waals surface area contributed by atoms with Crippen molar-refractivity contribution < 1.29 is 14.9 Å². The molecule has 2 aromatic rings. The Hall–Kier alpha value is -1.94. The van der Waals surface area contributed by atoms with E-state index in [0.29, 0.717) is 5.56 Å². The number of hydrogen-bond acceptors (Lipinski definition) is 3. The van der Waals surface area contributed by atoms with Crippen LogP contribution >= 0.6 is 0 Å². The Kier molecular flexibility index (Phi) is 5.69. The predicted octanol–water partition coefficient (Wildman–Crippen LogP) is 2.81. The van der Waals surface area contributed by atoms with Crippen LogP contribution in [0.5, 0.6) is 0 Å². The number of methoxy groups -OCH3 is 1. The molecular weight excluding hydrogens is 264 g/mol. The van der Waals surface area contributed by atoms with E-state index >= 15 is 0 Å². The molecule has 0 fully saturated rings. The van der Waals surface area contributed by atoms with Gasteiger partial charge in [0.25, 0.3) is 0 Å². The highest BCUT2D eigenvalue weighted by Crippen LogP contribution is 2.21. The van der Waals surface area contributed by atoms with Crippen molar-refractivity contribution in [2.45, 2.75) is 18.3 Å². The first-order valence-corrected chi connectivity index (χ1v) is 6.89. The summed E-state index contributed by atoms with van der Waals surface area (Å²) >= 11 is 0. The molecule has 2 aromatic carbocycles. The van der Waals surface area contributed by atoms with Crippen LogP contribution < -0.4 is 0 Å². The van der Waals surface area contributed by atoms with E-state index in [9.17, 15) is 10.2 Å². The first-order valence-electron chi connectivity index (χ1n) is 6.89. The molecule has 0 aliphatic carbocycles. The fourth-order valence-corrected chi connectivity index (χ4v) is 2.13. The molecular formula is C18H20O3. The molecule has 0 saturated carbocycles. The fourth-order valence-electron chi connectivity index (χ4n) is 2.13. The van der Waals surface area contributed by atoms with E-state index in [1.807, 2.05) is 54.6 Å². The van der Waals surface area contributed by atoms with Crippen LogP contribution in [0, 0.1) is 0 Å². The highest BCUT2D eigenvalue weighted by Gasteiger charge is 2.25. The Balaban J connectivity index is 2.08. The van der Waals surface area contributed by atoms with Gasteiger partial charge in [0, 0.05) is 7.11 Å². The zero-order chi connectivity index (χ0) is 15.1. The molecule has 2 N–H and O–H groups in total. The summed E-state index contributed by atoms with van der Waals surface area (Å²) in [7, 11) is 1.51. The molecule has 0 aromatic heterocycles. The van der Waals surface area contributed by atoms with Crippen molar-refractivity contribution in [1.82, 2.24) is 0 Å². The molecule has 3 heteroatoms. The number of aliphatic hydroxyl groups is 2. The number of ether oxygens (including phenoxy) is 1. The van der Waals surface area contributed by atoms with Crippen LogP contribution in [0.25, 0.3) is 6.08 Å². The van der Waals surface area contributed by atoms with Gasteiger partial charge < -0.3 is 14.9 Å². The Labute approximate surface area is 125 Å². The molecule has 0 aliphatic heterocycles. The predicted molar refractivity (Wildman–Crippen MR) is 83.7 cm³/mol. The molecule has 0 radical (unpaired) electrons. The number of rotatable bonds is 6. The van der Waals surface area contributed by atoms with Gasteiger partial charge in [0.05, 0.1) is 0 Å². The smallest absolute Gasteiger partial charge is 0.114 e. The van der Waals surface area contributed by atoms with Crippen molar-refractivity contribution in [3.63, 3.8) is 0 Å². The molecule has 2 rings (SSSR count). The zero-order valence-electron chi connectivity index (χ0n) is 12.0. The van der Waals surface area contributed by atoms with Crippen molar-refractivity contribution in [2.24, 2.45) is 0 Å². The third-order valence-corrected chi connectivity index (χ3v) is 3.35. The Morgan fingerprint density at radius 3 is 2.05 bits per heavy atom. The van der Waals surface area contributed by atoms with Gasteiger partial charge in [-0.3, -0.25) is 0 Å². The molecule has 0 unspecified atom stereocenters. The second-order valence-corrected chi connectivity index (χ2v) is 4.82. The van der Waals surface area contributed by atoms with Gasteiger partial charge in [0.1, 0.15) is 18.3 Å². The molecule has 0 heterocycles. The van der Waals surface area contributed by atoms with Crippen molar-refractivity contribution in [2.75, 3.05) is 7.11 Å². The minimum atomic E-state index is -1.03. The van der Waals surface area contributed by atoms with Crippen LogP contribution in [0.15, 0.2) is 66.7 Å².